The summed E-state index contributed by atoms with van der Waals surface area (Å²) >= 11 is 0. The predicted octanol–water partition coefficient (Wildman–Crippen LogP) is 1.30. The zero-order chi connectivity index (χ0) is 19.5. The summed E-state index contributed by atoms with van der Waals surface area (Å²) in [5.41, 5.74) is -1.50. The molecule has 0 saturated heterocycles. The molecule has 0 bridgehead atoms. The van der Waals surface area contributed by atoms with Gasteiger partial charge in [-0.3, -0.25) is 9.59 Å². The highest BCUT2D eigenvalue weighted by atomic mass is 16.6. The molecule has 26 heavy (non-hydrogen) atoms. The molecule has 1 heterocycles. The normalized spacial score (nSPS) is 11.3. The van der Waals surface area contributed by atoms with Gasteiger partial charge in [-0.05, 0) is 45.4 Å². The summed E-state index contributed by atoms with van der Waals surface area (Å²) < 4.78 is 6.37. The van der Waals surface area contributed by atoms with E-state index in [1.165, 1.54) is 22.8 Å². The lowest BCUT2D eigenvalue weighted by molar-refractivity contribution is 0.0526. The van der Waals surface area contributed by atoms with Gasteiger partial charge in [-0.15, -0.1) is 0 Å². The van der Waals surface area contributed by atoms with Crippen LogP contribution in [0.1, 0.15) is 37.6 Å². The number of carbonyl (C=O) groups excluding carboxylic acids is 1. The molecule has 0 spiro atoms. The van der Waals surface area contributed by atoms with Gasteiger partial charge in [0, 0.05) is 13.1 Å². The van der Waals surface area contributed by atoms with E-state index in [2.05, 4.69) is 10.3 Å². The van der Waals surface area contributed by atoms with E-state index in [9.17, 15) is 19.2 Å². The Hall–Kier alpha value is -3.10. The number of aromatic nitrogens is 2. The number of carboxylic acid groups (broad SMARTS) is 1. The van der Waals surface area contributed by atoms with Crippen LogP contribution in [0.15, 0.2) is 27.8 Å². The number of carboxylic acids is 1. The summed E-state index contributed by atoms with van der Waals surface area (Å²) in [6, 6.07) is 4.13. The number of hydrogen-bond donors (Lipinski definition) is 3. The summed E-state index contributed by atoms with van der Waals surface area (Å²) in [5, 5.41) is 11.6. The lowest BCUT2D eigenvalue weighted by Gasteiger charge is -2.19. The van der Waals surface area contributed by atoms with Crippen molar-refractivity contribution in [2.45, 2.75) is 39.3 Å². The fraction of sp³-hybridized carbons (Fsp3) is 0.412. The SMILES string of the molecule is CC(C)(C)OC(=O)NCCCn1c(=O)c(=O)[nH]c2cc(C(=O)O)ccc21. The molecule has 0 aliphatic carbocycles. The minimum absolute atomic E-state index is 0.00458. The molecule has 2 rings (SSSR count). The molecule has 9 nitrogen and oxygen atoms in total. The second kappa shape index (κ2) is 7.42. The van der Waals surface area contributed by atoms with E-state index in [4.69, 9.17) is 9.84 Å². The third-order valence-electron chi connectivity index (χ3n) is 3.45. The summed E-state index contributed by atoms with van der Waals surface area (Å²) in [6.07, 6.45) is -0.176. The van der Waals surface area contributed by atoms with Crippen LogP contribution in [0.5, 0.6) is 0 Å². The molecule has 0 fully saturated rings. The van der Waals surface area contributed by atoms with Gasteiger partial charge in [0.2, 0.25) is 0 Å². The standard InChI is InChI=1S/C17H21N3O6/c1-17(2,3)26-16(25)18-7-4-8-20-12-6-5-10(15(23)24)9-11(12)19-13(21)14(20)22/h5-6,9H,4,7-8H2,1-3H3,(H,18,25)(H,19,21)(H,23,24). The van der Waals surface area contributed by atoms with E-state index < -0.39 is 28.8 Å². The highest BCUT2D eigenvalue weighted by molar-refractivity contribution is 5.92. The van der Waals surface area contributed by atoms with E-state index in [0.717, 1.165) is 0 Å². The van der Waals surface area contributed by atoms with Crippen LogP contribution in [-0.4, -0.2) is 38.9 Å². The van der Waals surface area contributed by atoms with Gasteiger partial charge in [-0.25, -0.2) is 9.59 Å². The Bertz CT molecular complexity index is 952. The molecule has 140 valence electrons. The monoisotopic (exact) mass is 363 g/mol. The van der Waals surface area contributed by atoms with Gasteiger partial charge in [-0.1, -0.05) is 0 Å². The zero-order valence-electron chi connectivity index (χ0n) is 14.8. The van der Waals surface area contributed by atoms with Gasteiger partial charge < -0.3 is 24.7 Å². The number of benzene rings is 1. The Balaban J connectivity index is 2.15. The van der Waals surface area contributed by atoms with Crippen LogP contribution in [0.4, 0.5) is 4.79 Å². The second-order valence-electron chi connectivity index (χ2n) is 6.73. The number of carbonyl (C=O) groups is 2. The number of nitrogens with zero attached hydrogens (tertiary/aromatic N) is 1. The minimum Gasteiger partial charge on any atom is -0.478 e. The van der Waals surface area contributed by atoms with Gasteiger partial charge >= 0.3 is 23.2 Å². The molecular formula is C17H21N3O6. The van der Waals surface area contributed by atoms with Gasteiger partial charge in [0.15, 0.2) is 0 Å². The quantitative estimate of drug-likeness (QED) is 0.542. The maximum atomic E-state index is 12.1. The highest BCUT2D eigenvalue weighted by Crippen LogP contribution is 2.12. The Morgan fingerprint density at radius 2 is 1.96 bits per heavy atom. The molecule has 1 aromatic carbocycles. The van der Waals surface area contributed by atoms with Crippen molar-refractivity contribution in [2.75, 3.05) is 6.54 Å². The van der Waals surface area contributed by atoms with Crippen molar-refractivity contribution in [3.63, 3.8) is 0 Å². The first-order chi connectivity index (χ1) is 12.1. The van der Waals surface area contributed by atoms with Crippen LogP contribution >= 0.6 is 0 Å². The minimum atomic E-state index is -1.13. The number of nitrogens with one attached hydrogen (secondary N) is 2. The van der Waals surface area contributed by atoms with Crippen molar-refractivity contribution in [3.8, 4) is 0 Å². The number of aromatic carboxylic acids is 1. The van der Waals surface area contributed by atoms with Crippen LogP contribution in [0.2, 0.25) is 0 Å². The molecule has 2 aromatic rings. The number of rotatable bonds is 5. The Morgan fingerprint density at radius 1 is 1.27 bits per heavy atom. The van der Waals surface area contributed by atoms with Crippen LogP contribution in [0.3, 0.4) is 0 Å². The molecule has 0 aliphatic rings. The second-order valence-corrected chi connectivity index (χ2v) is 6.73. The lowest BCUT2D eigenvalue weighted by Crippen LogP contribution is -2.37. The molecule has 0 unspecified atom stereocenters. The van der Waals surface area contributed by atoms with E-state index >= 15 is 0 Å². The first-order valence-electron chi connectivity index (χ1n) is 8.05. The molecule has 0 aliphatic heterocycles. The number of amides is 1. The third kappa shape index (κ3) is 4.71. The molecule has 3 N–H and O–H groups in total. The van der Waals surface area contributed by atoms with Crippen molar-refractivity contribution in [2.24, 2.45) is 0 Å². The summed E-state index contributed by atoms with van der Waals surface area (Å²) in [5.74, 6) is -1.13. The number of ether oxygens (including phenoxy) is 1. The van der Waals surface area contributed by atoms with Crippen molar-refractivity contribution in [3.05, 3.63) is 44.5 Å². The Kier molecular flexibility index (Phi) is 5.49. The van der Waals surface area contributed by atoms with E-state index in [1.54, 1.807) is 20.8 Å². The fourth-order valence-corrected chi connectivity index (χ4v) is 2.38. The molecule has 1 amide bonds. The van der Waals surface area contributed by atoms with Crippen molar-refractivity contribution < 1.29 is 19.4 Å². The molecule has 0 atom stereocenters. The molecular weight excluding hydrogens is 342 g/mol. The Morgan fingerprint density at radius 3 is 2.58 bits per heavy atom. The predicted molar refractivity (Wildman–Crippen MR) is 94.6 cm³/mol. The molecule has 9 heteroatoms. The average Bonchev–Trinajstić information content (AvgIpc) is 2.52. The van der Waals surface area contributed by atoms with Gasteiger partial charge in [0.05, 0.1) is 16.6 Å². The fourth-order valence-electron chi connectivity index (χ4n) is 2.38. The number of H-pyrrole nitrogens is 1. The topological polar surface area (TPSA) is 130 Å². The third-order valence-corrected chi connectivity index (χ3v) is 3.45. The van der Waals surface area contributed by atoms with Gasteiger partial charge in [0.1, 0.15) is 5.60 Å². The maximum Gasteiger partial charge on any atom is 0.407 e. The zero-order valence-corrected chi connectivity index (χ0v) is 14.8. The molecule has 1 aromatic heterocycles. The largest absolute Gasteiger partial charge is 0.478 e. The average molecular weight is 363 g/mol. The number of alkyl carbamates (subject to hydrolysis) is 1. The van der Waals surface area contributed by atoms with Gasteiger partial charge in [-0.2, -0.15) is 0 Å². The first-order valence-corrected chi connectivity index (χ1v) is 8.05. The summed E-state index contributed by atoms with van der Waals surface area (Å²) in [6.45, 7) is 5.68. The van der Waals surface area contributed by atoms with Gasteiger partial charge in [0.25, 0.3) is 0 Å². The van der Waals surface area contributed by atoms with Crippen molar-refractivity contribution in [1.82, 2.24) is 14.9 Å². The van der Waals surface area contributed by atoms with Crippen LogP contribution < -0.4 is 16.4 Å². The van der Waals surface area contributed by atoms with E-state index in [-0.39, 0.29) is 24.2 Å². The Labute approximate surface area is 148 Å². The molecule has 0 saturated carbocycles. The highest BCUT2D eigenvalue weighted by Gasteiger charge is 2.15. The number of aromatic amines is 1. The number of hydrogen-bond acceptors (Lipinski definition) is 5. The first kappa shape index (κ1) is 19.2. The van der Waals surface area contributed by atoms with Crippen molar-refractivity contribution in [1.29, 1.82) is 0 Å². The van der Waals surface area contributed by atoms with Crippen LogP contribution in [-0.2, 0) is 11.3 Å². The summed E-state index contributed by atoms with van der Waals surface area (Å²) in [7, 11) is 0. The number of aryl methyl sites for hydroxylation is 1. The van der Waals surface area contributed by atoms with E-state index in [0.29, 0.717) is 11.9 Å². The molecule has 0 radical (unpaired) electrons. The van der Waals surface area contributed by atoms with Crippen LogP contribution in [0, 0.1) is 0 Å². The van der Waals surface area contributed by atoms with E-state index in [1.807, 2.05) is 0 Å². The maximum absolute atomic E-state index is 12.1. The summed E-state index contributed by atoms with van der Waals surface area (Å²) in [4.78, 5) is 48.9. The smallest absolute Gasteiger partial charge is 0.407 e. The van der Waals surface area contributed by atoms with Crippen LogP contribution in [0.25, 0.3) is 11.0 Å². The number of fused-ring (bicyclic) bond motifs is 1. The lowest BCUT2D eigenvalue weighted by atomic mass is 10.2. The van der Waals surface area contributed by atoms with Crippen molar-refractivity contribution >= 4 is 23.1 Å².